The van der Waals surface area contributed by atoms with Crippen molar-refractivity contribution in [3.05, 3.63) is 88.2 Å². The second-order valence-electron chi connectivity index (χ2n) is 5.35. The standard InChI is InChI=1S/C19H16N2O4/c1-13-10-16(22)17(24-12-14-6-3-2-4-7-14)18(25-13)19(23)21-15-8-5-9-20-11-15/h2-11H,12H2,1H3,(H,21,23). The Balaban J connectivity index is 1.87. The number of aromatic nitrogens is 1. The lowest BCUT2D eigenvalue weighted by Gasteiger charge is -2.11. The van der Waals surface area contributed by atoms with Gasteiger partial charge in [-0.2, -0.15) is 0 Å². The maximum absolute atomic E-state index is 12.5. The number of rotatable bonds is 5. The Morgan fingerprint density at radius 1 is 1.20 bits per heavy atom. The molecule has 25 heavy (non-hydrogen) atoms. The Labute approximate surface area is 144 Å². The van der Waals surface area contributed by atoms with Gasteiger partial charge in [-0.05, 0) is 24.6 Å². The molecule has 0 atom stereocenters. The fourth-order valence-electron chi connectivity index (χ4n) is 2.24. The van der Waals surface area contributed by atoms with Gasteiger partial charge in [-0.25, -0.2) is 0 Å². The van der Waals surface area contributed by atoms with Crippen molar-refractivity contribution in [2.75, 3.05) is 5.32 Å². The number of aryl methyl sites for hydroxylation is 1. The highest BCUT2D eigenvalue weighted by atomic mass is 16.5. The zero-order valence-electron chi connectivity index (χ0n) is 13.6. The van der Waals surface area contributed by atoms with Gasteiger partial charge in [0.15, 0.2) is 0 Å². The number of anilines is 1. The molecule has 2 aromatic heterocycles. The quantitative estimate of drug-likeness (QED) is 0.774. The number of benzene rings is 1. The van der Waals surface area contributed by atoms with Crippen molar-refractivity contribution < 1.29 is 13.9 Å². The Kier molecular flexibility index (Phi) is 4.89. The maximum Gasteiger partial charge on any atom is 0.295 e. The molecule has 3 aromatic rings. The molecule has 0 aliphatic carbocycles. The summed E-state index contributed by atoms with van der Waals surface area (Å²) in [6.45, 7) is 1.76. The first-order valence-corrected chi connectivity index (χ1v) is 7.66. The van der Waals surface area contributed by atoms with Gasteiger partial charge < -0.3 is 14.5 Å². The van der Waals surface area contributed by atoms with Crippen LogP contribution in [0.2, 0.25) is 0 Å². The van der Waals surface area contributed by atoms with E-state index in [4.69, 9.17) is 9.15 Å². The molecular weight excluding hydrogens is 320 g/mol. The number of pyridine rings is 1. The summed E-state index contributed by atoms with van der Waals surface area (Å²) < 4.78 is 11.0. The predicted octanol–water partition coefficient (Wildman–Crippen LogP) is 3.17. The molecule has 6 nitrogen and oxygen atoms in total. The molecule has 126 valence electrons. The fourth-order valence-corrected chi connectivity index (χ4v) is 2.24. The minimum Gasteiger partial charge on any atom is -0.481 e. The predicted molar refractivity (Wildman–Crippen MR) is 92.7 cm³/mol. The molecule has 0 radical (unpaired) electrons. The third-order valence-electron chi connectivity index (χ3n) is 3.38. The van der Waals surface area contributed by atoms with Gasteiger partial charge in [0.05, 0.1) is 11.9 Å². The number of carbonyl (C=O) groups excluding carboxylic acids is 1. The van der Waals surface area contributed by atoms with Crippen LogP contribution in [0.5, 0.6) is 5.75 Å². The van der Waals surface area contributed by atoms with Crippen LogP contribution in [0, 0.1) is 6.92 Å². The normalized spacial score (nSPS) is 10.3. The third kappa shape index (κ3) is 4.11. The summed E-state index contributed by atoms with van der Waals surface area (Å²) in [5.41, 5.74) is 0.961. The van der Waals surface area contributed by atoms with E-state index >= 15 is 0 Å². The van der Waals surface area contributed by atoms with Crippen molar-refractivity contribution in [3.63, 3.8) is 0 Å². The molecule has 3 rings (SSSR count). The number of nitrogens with one attached hydrogen (secondary N) is 1. The zero-order valence-corrected chi connectivity index (χ0v) is 13.6. The lowest BCUT2D eigenvalue weighted by molar-refractivity contribution is 0.0984. The highest BCUT2D eigenvalue weighted by molar-refractivity contribution is 6.03. The van der Waals surface area contributed by atoms with Gasteiger partial charge in [-0.15, -0.1) is 0 Å². The Morgan fingerprint density at radius 3 is 2.72 bits per heavy atom. The molecule has 0 saturated carbocycles. The minimum atomic E-state index is -0.572. The first kappa shape index (κ1) is 16.4. The molecule has 0 spiro atoms. The molecule has 0 aliphatic heterocycles. The second kappa shape index (κ2) is 7.44. The number of hydrogen-bond acceptors (Lipinski definition) is 5. The Morgan fingerprint density at radius 2 is 2.00 bits per heavy atom. The molecule has 0 unspecified atom stereocenters. The number of amides is 1. The summed E-state index contributed by atoms with van der Waals surface area (Å²) in [5.74, 6) is -0.522. The van der Waals surface area contributed by atoms with E-state index in [1.165, 1.54) is 12.3 Å². The number of carbonyl (C=O) groups is 1. The topological polar surface area (TPSA) is 81.4 Å². The fraction of sp³-hybridized carbons (Fsp3) is 0.105. The third-order valence-corrected chi connectivity index (χ3v) is 3.38. The number of hydrogen-bond donors (Lipinski definition) is 1. The van der Waals surface area contributed by atoms with Crippen LogP contribution >= 0.6 is 0 Å². The summed E-state index contributed by atoms with van der Waals surface area (Å²) in [6.07, 6.45) is 3.09. The van der Waals surface area contributed by atoms with E-state index in [9.17, 15) is 9.59 Å². The van der Waals surface area contributed by atoms with Crippen molar-refractivity contribution in [2.24, 2.45) is 0 Å². The van der Waals surface area contributed by atoms with Crippen LogP contribution in [0.15, 0.2) is 70.1 Å². The summed E-state index contributed by atoms with van der Waals surface area (Å²) in [4.78, 5) is 28.7. The number of nitrogens with zero attached hydrogens (tertiary/aromatic N) is 1. The van der Waals surface area contributed by atoms with Gasteiger partial charge in [-0.1, -0.05) is 30.3 Å². The largest absolute Gasteiger partial charge is 0.481 e. The van der Waals surface area contributed by atoms with E-state index in [1.54, 1.807) is 25.3 Å². The minimum absolute atomic E-state index is 0.115. The molecule has 0 aliphatic rings. The van der Waals surface area contributed by atoms with Crippen molar-refractivity contribution >= 4 is 11.6 Å². The first-order valence-electron chi connectivity index (χ1n) is 7.66. The van der Waals surface area contributed by atoms with Crippen molar-refractivity contribution in [3.8, 4) is 5.75 Å². The highest BCUT2D eigenvalue weighted by Crippen LogP contribution is 2.18. The molecule has 1 amide bonds. The van der Waals surface area contributed by atoms with Gasteiger partial charge in [0.2, 0.25) is 16.9 Å². The molecule has 0 fully saturated rings. The second-order valence-corrected chi connectivity index (χ2v) is 5.35. The summed E-state index contributed by atoms with van der Waals surface area (Å²) in [6, 6.07) is 14.0. The summed E-state index contributed by atoms with van der Waals surface area (Å²) in [7, 11) is 0. The van der Waals surface area contributed by atoms with Gasteiger partial charge >= 0.3 is 0 Å². The lowest BCUT2D eigenvalue weighted by atomic mass is 10.2. The summed E-state index contributed by atoms with van der Waals surface area (Å²) >= 11 is 0. The van der Waals surface area contributed by atoms with Crippen LogP contribution in [-0.4, -0.2) is 10.9 Å². The molecule has 2 heterocycles. The van der Waals surface area contributed by atoms with Gasteiger partial charge in [0, 0.05) is 12.3 Å². The van der Waals surface area contributed by atoms with E-state index in [0.29, 0.717) is 11.4 Å². The van der Waals surface area contributed by atoms with E-state index in [-0.39, 0.29) is 18.1 Å². The van der Waals surface area contributed by atoms with Crippen LogP contribution in [0.3, 0.4) is 0 Å². The molecule has 0 saturated heterocycles. The smallest absolute Gasteiger partial charge is 0.295 e. The van der Waals surface area contributed by atoms with Gasteiger partial charge in [0.1, 0.15) is 12.4 Å². The van der Waals surface area contributed by atoms with Crippen LogP contribution in [-0.2, 0) is 6.61 Å². The highest BCUT2D eigenvalue weighted by Gasteiger charge is 2.20. The zero-order chi connectivity index (χ0) is 17.6. The Hall–Kier alpha value is -3.41. The van der Waals surface area contributed by atoms with Crippen molar-refractivity contribution in [2.45, 2.75) is 13.5 Å². The van der Waals surface area contributed by atoms with E-state index in [2.05, 4.69) is 10.3 Å². The van der Waals surface area contributed by atoms with E-state index in [1.807, 2.05) is 30.3 Å². The van der Waals surface area contributed by atoms with Crippen LogP contribution in [0.4, 0.5) is 5.69 Å². The summed E-state index contributed by atoms with van der Waals surface area (Å²) in [5, 5.41) is 2.64. The molecular formula is C19H16N2O4. The first-order chi connectivity index (χ1) is 12.1. The number of ether oxygens (including phenoxy) is 1. The average Bonchev–Trinajstić information content (AvgIpc) is 2.62. The monoisotopic (exact) mass is 336 g/mol. The molecule has 0 bridgehead atoms. The van der Waals surface area contributed by atoms with E-state index < -0.39 is 11.3 Å². The SMILES string of the molecule is Cc1cc(=O)c(OCc2ccccc2)c(C(=O)Nc2cccnc2)o1. The van der Waals surface area contributed by atoms with Crippen LogP contribution < -0.4 is 15.5 Å². The van der Waals surface area contributed by atoms with Gasteiger partial charge in [-0.3, -0.25) is 14.6 Å². The lowest BCUT2D eigenvalue weighted by Crippen LogP contribution is -2.19. The van der Waals surface area contributed by atoms with Crippen LogP contribution in [0.1, 0.15) is 21.9 Å². The molecule has 1 aromatic carbocycles. The van der Waals surface area contributed by atoms with Crippen molar-refractivity contribution in [1.82, 2.24) is 4.98 Å². The van der Waals surface area contributed by atoms with Crippen molar-refractivity contribution in [1.29, 1.82) is 0 Å². The molecule has 6 heteroatoms. The molecule has 1 N–H and O–H groups in total. The van der Waals surface area contributed by atoms with Gasteiger partial charge in [0.25, 0.3) is 5.91 Å². The Bertz CT molecular complexity index is 921. The van der Waals surface area contributed by atoms with Crippen LogP contribution in [0.25, 0.3) is 0 Å². The van der Waals surface area contributed by atoms with E-state index in [0.717, 1.165) is 5.56 Å². The maximum atomic E-state index is 12.5. The average molecular weight is 336 g/mol.